The molecule has 4 aromatic rings. The molecule has 2 atom stereocenters. The van der Waals surface area contributed by atoms with Crippen molar-refractivity contribution in [1.82, 2.24) is 5.32 Å². The molecular weight excluding hydrogens is 510 g/mol. The molecule has 4 aromatic carbocycles. The van der Waals surface area contributed by atoms with Gasteiger partial charge in [-0.15, -0.1) is 0 Å². The summed E-state index contributed by atoms with van der Waals surface area (Å²) in [5, 5.41) is 26.8. The molecule has 0 saturated heterocycles. The number of rotatable bonds is 2. The molecule has 3 N–H and O–H groups in total. The van der Waals surface area contributed by atoms with E-state index in [1.807, 2.05) is 36.4 Å². The van der Waals surface area contributed by atoms with Gasteiger partial charge in [0.05, 0.1) is 11.6 Å². The van der Waals surface area contributed by atoms with Crippen molar-refractivity contribution in [2.75, 3.05) is 0 Å². The van der Waals surface area contributed by atoms with Crippen LogP contribution in [-0.2, 0) is 0 Å². The molecule has 6 heteroatoms. The topological polar surface area (TPSA) is 61.7 Å². The third kappa shape index (κ3) is 3.35. The summed E-state index contributed by atoms with van der Waals surface area (Å²) in [5.74, 6) is 1.03. The number of nitrogens with one attached hydrogen (secondary N) is 1. The fraction of sp³-hybridized carbons (Fsp3) is 0.0833. The van der Waals surface area contributed by atoms with Crippen molar-refractivity contribution in [2.45, 2.75) is 12.3 Å². The van der Waals surface area contributed by atoms with Crippen LogP contribution >= 0.6 is 31.9 Å². The predicted octanol–water partition coefficient (Wildman–Crippen LogP) is 6.55. The number of benzene rings is 4. The number of halogens is 2. The Morgan fingerprint density at radius 2 is 1.43 bits per heavy atom. The average Bonchev–Trinajstić information content (AvgIpc) is 2.76. The van der Waals surface area contributed by atoms with Crippen LogP contribution in [0.3, 0.4) is 0 Å². The second-order valence-electron chi connectivity index (χ2n) is 7.20. The highest BCUT2D eigenvalue weighted by Gasteiger charge is 2.33. The van der Waals surface area contributed by atoms with Crippen LogP contribution in [0.25, 0.3) is 10.8 Å². The second-order valence-corrected chi connectivity index (χ2v) is 9.03. The fourth-order valence-electron chi connectivity index (χ4n) is 3.96. The van der Waals surface area contributed by atoms with Gasteiger partial charge in [-0.1, -0.05) is 62.2 Å². The number of ether oxygens (including phenoxy) is 1. The van der Waals surface area contributed by atoms with E-state index in [0.29, 0.717) is 11.3 Å². The summed E-state index contributed by atoms with van der Waals surface area (Å²) in [7, 11) is 0. The van der Waals surface area contributed by atoms with E-state index < -0.39 is 6.23 Å². The number of aromatic hydroxyl groups is 2. The van der Waals surface area contributed by atoms with E-state index in [2.05, 4.69) is 49.3 Å². The number of hydrogen-bond donors (Lipinski definition) is 3. The van der Waals surface area contributed by atoms with Gasteiger partial charge in [0, 0.05) is 20.1 Å². The summed E-state index contributed by atoms with van der Waals surface area (Å²) in [4.78, 5) is 0. The lowest BCUT2D eigenvalue weighted by Gasteiger charge is -2.35. The smallest absolute Gasteiger partial charge is 0.180 e. The lowest BCUT2D eigenvalue weighted by molar-refractivity contribution is 0.130. The highest BCUT2D eigenvalue weighted by atomic mass is 79.9. The monoisotopic (exact) mass is 525 g/mol. The lowest BCUT2D eigenvalue weighted by atomic mass is 9.90. The Morgan fingerprint density at radius 1 is 0.767 bits per heavy atom. The van der Waals surface area contributed by atoms with E-state index in [0.717, 1.165) is 30.8 Å². The van der Waals surface area contributed by atoms with Crippen LogP contribution in [0.1, 0.15) is 29.0 Å². The van der Waals surface area contributed by atoms with Crippen LogP contribution in [-0.4, -0.2) is 10.2 Å². The van der Waals surface area contributed by atoms with Crippen molar-refractivity contribution in [3.63, 3.8) is 0 Å². The van der Waals surface area contributed by atoms with Gasteiger partial charge in [0.2, 0.25) is 0 Å². The zero-order chi connectivity index (χ0) is 20.8. The van der Waals surface area contributed by atoms with E-state index >= 15 is 0 Å². The van der Waals surface area contributed by atoms with Gasteiger partial charge in [-0.2, -0.15) is 0 Å². The van der Waals surface area contributed by atoms with Gasteiger partial charge in [-0.3, -0.25) is 5.32 Å². The van der Waals surface area contributed by atoms with Crippen LogP contribution in [0.5, 0.6) is 17.2 Å². The predicted molar refractivity (Wildman–Crippen MR) is 124 cm³/mol. The van der Waals surface area contributed by atoms with Gasteiger partial charge in [0.25, 0.3) is 0 Å². The van der Waals surface area contributed by atoms with Gasteiger partial charge >= 0.3 is 0 Å². The highest BCUT2D eigenvalue weighted by Crippen LogP contribution is 2.46. The SMILES string of the molecule is Oc1ccc(Br)cc1C1NC(c2cc(Br)ccc2O)c2c(ccc3ccccc23)O1. The molecule has 1 aliphatic rings. The molecule has 0 saturated carbocycles. The Hall–Kier alpha value is -2.54. The van der Waals surface area contributed by atoms with Crippen LogP contribution in [0.4, 0.5) is 0 Å². The second kappa shape index (κ2) is 7.61. The summed E-state index contributed by atoms with van der Waals surface area (Å²) >= 11 is 6.99. The molecule has 0 amide bonds. The van der Waals surface area contributed by atoms with Crippen LogP contribution in [0.15, 0.2) is 81.7 Å². The molecule has 0 fully saturated rings. The molecular formula is C24H17Br2NO3. The Kier molecular flexibility index (Phi) is 4.93. The van der Waals surface area contributed by atoms with Gasteiger partial charge < -0.3 is 14.9 Å². The minimum absolute atomic E-state index is 0.136. The maximum Gasteiger partial charge on any atom is 0.180 e. The fourth-order valence-corrected chi connectivity index (χ4v) is 4.72. The number of fused-ring (bicyclic) bond motifs is 3. The molecule has 0 spiro atoms. The minimum atomic E-state index is -0.598. The molecule has 2 unspecified atom stereocenters. The maximum atomic E-state index is 10.7. The quantitative estimate of drug-likeness (QED) is 0.277. The molecule has 0 aromatic heterocycles. The van der Waals surface area contributed by atoms with E-state index in [4.69, 9.17) is 4.74 Å². The Balaban J connectivity index is 1.74. The van der Waals surface area contributed by atoms with Crippen molar-refractivity contribution >= 4 is 42.6 Å². The first-order valence-electron chi connectivity index (χ1n) is 9.42. The Labute approximate surface area is 190 Å². The normalized spacial score (nSPS) is 18.1. The van der Waals surface area contributed by atoms with Crippen LogP contribution in [0.2, 0.25) is 0 Å². The van der Waals surface area contributed by atoms with Gasteiger partial charge in [-0.05, 0) is 53.2 Å². The largest absolute Gasteiger partial charge is 0.508 e. The van der Waals surface area contributed by atoms with Crippen molar-refractivity contribution in [3.05, 3.63) is 98.4 Å². The molecule has 4 nitrogen and oxygen atoms in total. The van der Waals surface area contributed by atoms with Gasteiger partial charge in [-0.25, -0.2) is 0 Å². The first-order valence-corrected chi connectivity index (χ1v) is 11.0. The average molecular weight is 527 g/mol. The summed E-state index contributed by atoms with van der Waals surface area (Å²) < 4.78 is 8.01. The lowest BCUT2D eigenvalue weighted by Crippen LogP contribution is -2.35. The summed E-state index contributed by atoms with van der Waals surface area (Å²) in [5.41, 5.74) is 2.29. The molecule has 0 aliphatic carbocycles. The first-order chi connectivity index (χ1) is 14.5. The standard InChI is InChI=1S/C24H17Br2NO3/c25-14-6-8-19(28)17(11-14)23-22-16-4-2-1-3-13(16)5-10-21(22)30-24(27-23)18-12-15(26)7-9-20(18)29/h1-12,23-24,27-29H. The van der Waals surface area contributed by atoms with Crippen molar-refractivity contribution in [1.29, 1.82) is 0 Å². The molecule has 1 aliphatic heterocycles. The third-order valence-corrected chi connectivity index (χ3v) is 6.34. The zero-order valence-electron chi connectivity index (χ0n) is 15.6. The zero-order valence-corrected chi connectivity index (χ0v) is 18.8. The van der Waals surface area contributed by atoms with Crippen LogP contribution in [0, 0.1) is 0 Å². The Bertz CT molecular complexity index is 1270. The van der Waals surface area contributed by atoms with Gasteiger partial charge in [0.1, 0.15) is 17.2 Å². The van der Waals surface area contributed by atoms with E-state index in [1.165, 1.54) is 0 Å². The van der Waals surface area contributed by atoms with E-state index in [1.54, 1.807) is 24.3 Å². The molecule has 0 radical (unpaired) electrons. The molecule has 1 heterocycles. The molecule has 150 valence electrons. The molecule has 30 heavy (non-hydrogen) atoms. The van der Waals surface area contributed by atoms with Crippen molar-refractivity contribution in [3.8, 4) is 17.2 Å². The molecule has 0 bridgehead atoms. The maximum absolute atomic E-state index is 10.7. The summed E-state index contributed by atoms with van der Waals surface area (Å²) in [6.45, 7) is 0. The molecule has 5 rings (SSSR count). The first kappa shape index (κ1) is 19.4. The van der Waals surface area contributed by atoms with Crippen molar-refractivity contribution in [2.24, 2.45) is 0 Å². The minimum Gasteiger partial charge on any atom is -0.508 e. The summed E-state index contributed by atoms with van der Waals surface area (Å²) in [6, 6.07) is 22.3. The third-order valence-electron chi connectivity index (χ3n) is 5.35. The van der Waals surface area contributed by atoms with Crippen molar-refractivity contribution < 1.29 is 14.9 Å². The van der Waals surface area contributed by atoms with E-state index in [9.17, 15) is 10.2 Å². The van der Waals surface area contributed by atoms with Gasteiger partial charge in [0.15, 0.2) is 6.23 Å². The number of phenolic OH excluding ortho intramolecular Hbond substituents is 2. The van der Waals surface area contributed by atoms with E-state index in [-0.39, 0.29) is 17.5 Å². The number of hydrogen-bond acceptors (Lipinski definition) is 4. The highest BCUT2D eigenvalue weighted by molar-refractivity contribution is 9.10. The van der Waals surface area contributed by atoms with Crippen LogP contribution < -0.4 is 10.1 Å². The number of phenols is 2. The summed E-state index contributed by atoms with van der Waals surface area (Å²) in [6.07, 6.45) is -0.598. The Morgan fingerprint density at radius 3 is 2.20 bits per heavy atom.